The van der Waals surface area contributed by atoms with Crippen molar-refractivity contribution in [1.29, 1.82) is 0 Å². The van der Waals surface area contributed by atoms with Crippen molar-refractivity contribution in [3.8, 4) is 28.7 Å². The van der Waals surface area contributed by atoms with E-state index in [1.807, 2.05) is 19.9 Å². The fourth-order valence-electron chi connectivity index (χ4n) is 1.74. The first-order valence-electron chi connectivity index (χ1n) is 5.98. The minimum Gasteiger partial charge on any atom is -0.493 e. The summed E-state index contributed by atoms with van der Waals surface area (Å²) in [6.45, 7) is 4.64. The standard InChI is InChI=1S/C14H18O5/c1-9(2)5-6-17-11-7-10(15-3)13-14(12(11)16-4)19-8-18-13/h5,7H,6,8H2,1-4H3. The number of hydrogen-bond acceptors (Lipinski definition) is 5. The van der Waals surface area contributed by atoms with Crippen LogP contribution in [0.2, 0.25) is 0 Å². The molecule has 0 saturated heterocycles. The van der Waals surface area contributed by atoms with Gasteiger partial charge in [0.15, 0.2) is 11.5 Å². The lowest BCUT2D eigenvalue weighted by atomic mass is 10.2. The zero-order valence-electron chi connectivity index (χ0n) is 11.6. The maximum atomic E-state index is 5.69. The molecule has 0 N–H and O–H groups in total. The third kappa shape index (κ3) is 2.70. The average molecular weight is 266 g/mol. The summed E-state index contributed by atoms with van der Waals surface area (Å²) in [7, 11) is 3.14. The number of fused-ring (bicyclic) bond motifs is 1. The normalized spacial score (nSPS) is 12.0. The summed E-state index contributed by atoms with van der Waals surface area (Å²) in [6.07, 6.45) is 1.98. The van der Waals surface area contributed by atoms with Crippen molar-refractivity contribution in [2.75, 3.05) is 27.6 Å². The van der Waals surface area contributed by atoms with Crippen molar-refractivity contribution in [2.24, 2.45) is 0 Å². The fourth-order valence-corrected chi connectivity index (χ4v) is 1.74. The lowest BCUT2D eigenvalue weighted by Gasteiger charge is -2.13. The smallest absolute Gasteiger partial charge is 0.231 e. The summed E-state index contributed by atoms with van der Waals surface area (Å²) in [4.78, 5) is 0. The van der Waals surface area contributed by atoms with E-state index < -0.39 is 0 Å². The molecule has 104 valence electrons. The predicted octanol–water partition coefficient (Wildman–Crippen LogP) is 2.78. The molecule has 0 saturated carbocycles. The molecule has 0 spiro atoms. The Hall–Kier alpha value is -2.04. The van der Waals surface area contributed by atoms with Gasteiger partial charge in [-0.15, -0.1) is 0 Å². The largest absolute Gasteiger partial charge is 0.493 e. The van der Waals surface area contributed by atoms with Crippen LogP contribution in [0.1, 0.15) is 13.8 Å². The molecule has 0 aromatic heterocycles. The zero-order valence-corrected chi connectivity index (χ0v) is 11.6. The molecule has 5 heteroatoms. The third-order valence-corrected chi connectivity index (χ3v) is 2.68. The molecule has 0 bridgehead atoms. The molecule has 1 aliphatic rings. The van der Waals surface area contributed by atoms with Gasteiger partial charge in [-0.3, -0.25) is 0 Å². The molecule has 19 heavy (non-hydrogen) atoms. The summed E-state index contributed by atoms with van der Waals surface area (Å²) < 4.78 is 27.1. The summed E-state index contributed by atoms with van der Waals surface area (Å²) >= 11 is 0. The second kappa shape index (κ2) is 5.73. The van der Waals surface area contributed by atoms with Gasteiger partial charge in [-0.25, -0.2) is 0 Å². The first-order chi connectivity index (χ1) is 9.17. The van der Waals surface area contributed by atoms with Crippen LogP contribution in [0.3, 0.4) is 0 Å². The minimum atomic E-state index is 0.152. The Morgan fingerprint density at radius 1 is 1.16 bits per heavy atom. The molecule has 0 amide bonds. The van der Waals surface area contributed by atoms with Gasteiger partial charge in [-0.1, -0.05) is 5.57 Å². The molecule has 0 unspecified atom stereocenters. The van der Waals surface area contributed by atoms with E-state index in [4.69, 9.17) is 23.7 Å². The van der Waals surface area contributed by atoms with E-state index in [-0.39, 0.29) is 6.79 Å². The van der Waals surface area contributed by atoms with Gasteiger partial charge >= 0.3 is 0 Å². The quantitative estimate of drug-likeness (QED) is 0.767. The van der Waals surface area contributed by atoms with E-state index in [1.54, 1.807) is 20.3 Å². The zero-order chi connectivity index (χ0) is 13.8. The highest BCUT2D eigenvalue weighted by Gasteiger charge is 2.27. The first kappa shape index (κ1) is 13.4. The third-order valence-electron chi connectivity index (χ3n) is 2.68. The monoisotopic (exact) mass is 266 g/mol. The van der Waals surface area contributed by atoms with Crippen molar-refractivity contribution >= 4 is 0 Å². The molecule has 0 aliphatic carbocycles. The van der Waals surface area contributed by atoms with E-state index in [2.05, 4.69) is 0 Å². The second-order valence-electron chi connectivity index (χ2n) is 4.27. The van der Waals surface area contributed by atoms with Crippen LogP contribution in [-0.4, -0.2) is 27.6 Å². The summed E-state index contributed by atoms with van der Waals surface area (Å²) in [5.74, 6) is 2.74. The molecule has 0 atom stereocenters. The van der Waals surface area contributed by atoms with Gasteiger partial charge in [-0.2, -0.15) is 0 Å². The fraction of sp³-hybridized carbons (Fsp3) is 0.429. The Kier molecular flexibility index (Phi) is 4.04. The maximum Gasteiger partial charge on any atom is 0.231 e. The Balaban J connectivity index is 2.34. The average Bonchev–Trinajstić information content (AvgIpc) is 2.86. The first-order valence-corrected chi connectivity index (χ1v) is 5.98. The summed E-state index contributed by atoms with van der Waals surface area (Å²) in [5.41, 5.74) is 1.19. The van der Waals surface area contributed by atoms with E-state index in [9.17, 15) is 0 Å². The molecule has 1 aromatic carbocycles. The highest BCUT2D eigenvalue weighted by Crippen LogP contribution is 2.52. The molecule has 2 rings (SSSR count). The van der Waals surface area contributed by atoms with Gasteiger partial charge in [0.1, 0.15) is 6.61 Å². The van der Waals surface area contributed by atoms with E-state index >= 15 is 0 Å². The van der Waals surface area contributed by atoms with Gasteiger partial charge in [0, 0.05) is 6.07 Å². The van der Waals surface area contributed by atoms with Crippen molar-refractivity contribution in [1.82, 2.24) is 0 Å². The molecule has 1 aromatic rings. The highest BCUT2D eigenvalue weighted by atomic mass is 16.7. The Morgan fingerprint density at radius 3 is 2.53 bits per heavy atom. The molecule has 0 radical (unpaired) electrons. The number of benzene rings is 1. The number of rotatable bonds is 5. The lowest BCUT2D eigenvalue weighted by Crippen LogP contribution is -1.99. The molecule has 1 heterocycles. The van der Waals surface area contributed by atoms with Gasteiger partial charge in [0.05, 0.1) is 14.2 Å². The second-order valence-corrected chi connectivity index (χ2v) is 4.27. The molecular weight excluding hydrogens is 248 g/mol. The van der Waals surface area contributed by atoms with Crippen LogP contribution in [0.4, 0.5) is 0 Å². The van der Waals surface area contributed by atoms with Crippen LogP contribution >= 0.6 is 0 Å². The number of methoxy groups -OCH3 is 2. The lowest BCUT2D eigenvalue weighted by molar-refractivity contribution is 0.168. The van der Waals surface area contributed by atoms with Crippen LogP contribution in [-0.2, 0) is 0 Å². The van der Waals surface area contributed by atoms with Gasteiger partial charge < -0.3 is 23.7 Å². The topological polar surface area (TPSA) is 46.2 Å². The van der Waals surface area contributed by atoms with E-state index in [1.165, 1.54) is 5.57 Å². The van der Waals surface area contributed by atoms with Crippen molar-refractivity contribution in [2.45, 2.75) is 13.8 Å². The van der Waals surface area contributed by atoms with Crippen molar-refractivity contribution in [3.63, 3.8) is 0 Å². The SMILES string of the molecule is COc1cc(OCC=C(C)C)c(OC)c2c1OCO2. The number of ether oxygens (including phenoxy) is 5. The van der Waals surface area contributed by atoms with Crippen LogP contribution in [0.25, 0.3) is 0 Å². The van der Waals surface area contributed by atoms with Gasteiger partial charge in [0.25, 0.3) is 0 Å². The Bertz CT molecular complexity index is 489. The maximum absolute atomic E-state index is 5.69. The minimum absolute atomic E-state index is 0.152. The van der Waals surface area contributed by atoms with Crippen LogP contribution in [0.15, 0.2) is 17.7 Å². The van der Waals surface area contributed by atoms with Crippen LogP contribution < -0.4 is 23.7 Å². The molecule has 5 nitrogen and oxygen atoms in total. The van der Waals surface area contributed by atoms with Crippen molar-refractivity contribution < 1.29 is 23.7 Å². The number of allylic oxidation sites excluding steroid dienone is 1. The molecular formula is C14H18O5. The number of hydrogen-bond donors (Lipinski definition) is 0. The molecule has 1 aliphatic heterocycles. The van der Waals surface area contributed by atoms with E-state index in [0.29, 0.717) is 35.4 Å². The summed E-state index contributed by atoms with van der Waals surface area (Å²) in [6, 6.07) is 1.74. The van der Waals surface area contributed by atoms with Crippen LogP contribution in [0, 0.1) is 0 Å². The van der Waals surface area contributed by atoms with Gasteiger partial charge in [0.2, 0.25) is 24.0 Å². The molecule has 0 fully saturated rings. The van der Waals surface area contributed by atoms with Gasteiger partial charge in [-0.05, 0) is 19.9 Å². The van der Waals surface area contributed by atoms with Crippen LogP contribution in [0.5, 0.6) is 28.7 Å². The predicted molar refractivity (Wildman–Crippen MR) is 70.6 cm³/mol. The Labute approximate surface area is 112 Å². The van der Waals surface area contributed by atoms with Crippen molar-refractivity contribution in [3.05, 3.63) is 17.7 Å². The van der Waals surface area contributed by atoms with E-state index in [0.717, 1.165) is 0 Å². The highest BCUT2D eigenvalue weighted by molar-refractivity contribution is 5.66. The summed E-state index contributed by atoms with van der Waals surface area (Å²) in [5, 5.41) is 0. The Morgan fingerprint density at radius 2 is 1.89 bits per heavy atom.